The molecule has 0 unspecified atom stereocenters. The van der Waals surface area contributed by atoms with Gasteiger partial charge in [0.05, 0.1) is 35.8 Å². The molecule has 50 heavy (non-hydrogen) atoms. The van der Waals surface area contributed by atoms with Gasteiger partial charge in [-0.2, -0.15) is 0 Å². The molecule has 5 rings (SSSR count). The number of nitrogens with zero attached hydrogens (tertiary/aromatic N) is 2. The summed E-state index contributed by atoms with van der Waals surface area (Å²) in [7, 11) is 0. The molecule has 0 spiro atoms. The van der Waals surface area contributed by atoms with Crippen LogP contribution in [0.15, 0.2) is 60.7 Å². The highest BCUT2D eigenvalue weighted by Crippen LogP contribution is 2.39. The quantitative estimate of drug-likeness (QED) is 0.157. The van der Waals surface area contributed by atoms with E-state index in [9.17, 15) is 24.3 Å². The van der Waals surface area contributed by atoms with Gasteiger partial charge in [0, 0.05) is 24.0 Å². The van der Waals surface area contributed by atoms with Gasteiger partial charge in [-0.25, -0.2) is 4.98 Å². The number of carbonyl (C=O) groups is 4. The van der Waals surface area contributed by atoms with E-state index >= 15 is 0 Å². The fourth-order valence-electron chi connectivity index (χ4n) is 7.37. The molecule has 268 valence electrons. The number of amides is 4. The van der Waals surface area contributed by atoms with Crippen LogP contribution in [0.1, 0.15) is 75.3 Å². The molecule has 12 nitrogen and oxygen atoms in total. The van der Waals surface area contributed by atoms with E-state index in [2.05, 4.69) is 25.8 Å². The molecule has 2 heterocycles. The molecule has 4 amide bonds. The predicted molar refractivity (Wildman–Crippen MR) is 193 cm³/mol. The van der Waals surface area contributed by atoms with Gasteiger partial charge in [0.2, 0.25) is 17.7 Å². The summed E-state index contributed by atoms with van der Waals surface area (Å²) in [6, 6.07) is 15.4. The van der Waals surface area contributed by atoms with Crippen molar-refractivity contribution in [1.82, 2.24) is 25.8 Å². The summed E-state index contributed by atoms with van der Waals surface area (Å²) < 4.78 is 0. The lowest BCUT2D eigenvalue weighted by molar-refractivity contribution is -0.133. The number of aromatic nitrogens is 1. The molecule has 0 radical (unpaired) electrons. The third-order valence-electron chi connectivity index (χ3n) is 9.83. The third-order valence-corrected chi connectivity index (χ3v) is 9.83. The molecule has 2 aromatic carbocycles. The van der Waals surface area contributed by atoms with Gasteiger partial charge in [0.15, 0.2) is 0 Å². The second-order valence-corrected chi connectivity index (χ2v) is 14.9. The number of aliphatic hydroxyl groups excluding tert-OH is 1. The summed E-state index contributed by atoms with van der Waals surface area (Å²) in [5.41, 5.74) is 12.9. The number of nitrogens with one attached hydrogen (secondary N) is 3. The number of hydrogen-bond acceptors (Lipinski definition) is 8. The minimum absolute atomic E-state index is 0.0178. The van der Waals surface area contributed by atoms with Crippen molar-refractivity contribution in [2.24, 2.45) is 17.6 Å². The van der Waals surface area contributed by atoms with E-state index in [0.717, 1.165) is 43.1 Å². The zero-order valence-corrected chi connectivity index (χ0v) is 29.2. The van der Waals surface area contributed by atoms with E-state index in [1.54, 1.807) is 18.2 Å². The average molecular weight is 686 g/mol. The standard InChI is InChI=1S/C38H51N7O5/c1-38(2,3)44-37(50)31-19-25-12-7-8-13-26(25)21-45(31)22-32(46)29(18-23-10-5-4-6-11-23)42-36(49)30(20-33(40)47)43-35(48)28-17-16-24-14-9-15-27(39)34(24)41-28/h4-6,9-11,14-17,25-26,29-32,46H,7-8,12-13,18-22,39H2,1-3H3,(H2,40,47)(H,42,49)(H,43,48)(H,44,50)/t25-,26+,29+,30+,31-,32+/m1/s1. The van der Waals surface area contributed by atoms with Crippen LogP contribution >= 0.6 is 0 Å². The monoisotopic (exact) mass is 685 g/mol. The summed E-state index contributed by atoms with van der Waals surface area (Å²) in [6.07, 6.45) is 3.94. The van der Waals surface area contributed by atoms with E-state index in [1.807, 2.05) is 57.2 Å². The maximum atomic E-state index is 13.9. The van der Waals surface area contributed by atoms with Gasteiger partial charge in [0.25, 0.3) is 5.91 Å². The van der Waals surface area contributed by atoms with Crippen LogP contribution in [0.5, 0.6) is 0 Å². The summed E-state index contributed by atoms with van der Waals surface area (Å²) in [6.45, 7) is 6.69. The highest BCUT2D eigenvalue weighted by atomic mass is 16.3. The molecular weight excluding hydrogens is 634 g/mol. The first-order chi connectivity index (χ1) is 23.8. The Hall–Kier alpha value is -4.55. The Labute approximate surface area is 293 Å². The number of primary amides is 1. The summed E-state index contributed by atoms with van der Waals surface area (Å²) in [4.78, 5) is 59.4. The van der Waals surface area contributed by atoms with Crippen molar-refractivity contribution >= 4 is 40.2 Å². The predicted octanol–water partition coefficient (Wildman–Crippen LogP) is 2.67. The Bertz CT molecular complexity index is 1680. The first-order valence-electron chi connectivity index (χ1n) is 17.6. The van der Waals surface area contributed by atoms with Crippen LogP contribution in [0.4, 0.5) is 5.69 Å². The minimum Gasteiger partial charge on any atom is -0.397 e. The van der Waals surface area contributed by atoms with Gasteiger partial charge in [-0.15, -0.1) is 0 Å². The van der Waals surface area contributed by atoms with Gasteiger partial charge in [0.1, 0.15) is 11.7 Å². The molecule has 12 heteroatoms. The fourth-order valence-corrected chi connectivity index (χ4v) is 7.37. The third kappa shape index (κ3) is 9.57. The number of β-amino-alcohol motifs (C(OH)–C–C–N with tert-alkyl or cyclic N) is 1. The van der Waals surface area contributed by atoms with Crippen molar-refractivity contribution in [1.29, 1.82) is 0 Å². The largest absolute Gasteiger partial charge is 0.397 e. The highest BCUT2D eigenvalue weighted by molar-refractivity contribution is 6.00. The molecule has 1 saturated carbocycles. The van der Waals surface area contributed by atoms with Gasteiger partial charge in [-0.1, -0.05) is 67.8 Å². The van der Waals surface area contributed by atoms with Crippen molar-refractivity contribution in [3.05, 3.63) is 71.9 Å². The molecule has 3 aromatic rings. The van der Waals surface area contributed by atoms with Gasteiger partial charge >= 0.3 is 0 Å². The van der Waals surface area contributed by atoms with Crippen molar-refractivity contribution in [2.75, 3.05) is 18.8 Å². The van der Waals surface area contributed by atoms with Crippen molar-refractivity contribution < 1.29 is 24.3 Å². The Balaban J connectivity index is 1.36. The molecule has 0 bridgehead atoms. The second kappa shape index (κ2) is 16.0. The summed E-state index contributed by atoms with van der Waals surface area (Å²) >= 11 is 0. The molecule has 2 fully saturated rings. The topological polar surface area (TPSA) is 193 Å². The van der Waals surface area contributed by atoms with E-state index < -0.39 is 53.9 Å². The van der Waals surface area contributed by atoms with E-state index in [0.29, 0.717) is 29.6 Å². The molecule has 8 N–H and O–H groups in total. The molecular formula is C38H51N7O5. The van der Waals surface area contributed by atoms with Gasteiger partial charge in [-0.3, -0.25) is 24.1 Å². The maximum absolute atomic E-state index is 13.9. The number of nitrogen functional groups attached to an aromatic ring is 1. The number of para-hydroxylation sites is 1. The Morgan fingerprint density at radius 3 is 2.38 bits per heavy atom. The van der Waals surface area contributed by atoms with Crippen LogP contribution in [0.2, 0.25) is 0 Å². The smallest absolute Gasteiger partial charge is 0.270 e. The Morgan fingerprint density at radius 1 is 0.960 bits per heavy atom. The maximum Gasteiger partial charge on any atom is 0.270 e. The molecule has 2 aliphatic rings. The Morgan fingerprint density at radius 2 is 1.68 bits per heavy atom. The zero-order chi connectivity index (χ0) is 36.0. The van der Waals surface area contributed by atoms with E-state index in [-0.39, 0.29) is 24.6 Å². The summed E-state index contributed by atoms with van der Waals surface area (Å²) in [5.74, 6) is -1.31. The van der Waals surface area contributed by atoms with Crippen LogP contribution in [-0.4, -0.2) is 81.5 Å². The Kier molecular flexibility index (Phi) is 11.7. The molecule has 6 atom stereocenters. The number of aliphatic hydroxyl groups is 1. The first-order valence-corrected chi connectivity index (χ1v) is 17.6. The van der Waals surface area contributed by atoms with Crippen LogP contribution in [0, 0.1) is 11.8 Å². The number of piperidine rings is 1. The number of hydrogen-bond donors (Lipinski definition) is 6. The molecule has 1 aliphatic heterocycles. The lowest BCUT2D eigenvalue weighted by atomic mass is 9.72. The number of anilines is 1. The van der Waals surface area contributed by atoms with Crippen molar-refractivity contribution in [3.63, 3.8) is 0 Å². The molecule has 1 aromatic heterocycles. The number of rotatable bonds is 12. The fraction of sp³-hybridized carbons (Fsp3) is 0.500. The van der Waals surface area contributed by atoms with Crippen molar-refractivity contribution in [3.8, 4) is 0 Å². The average Bonchev–Trinajstić information content (AvgIpc) is 3.06. The highest BCUT2D eigenvalue weighted by Gasteiger charge is 2.42. The molecule has 1 aliphatic carbocycles. The minimum atomic E-state index is -1.33. The number of carbonyl (C=O) groups excluding carboxylic acids is 4. The summed E-state index contributed by atoms with van der Waals surface area (Å²) in [5, 5.41) is 21.3. The van der Waals surface area contributed by atoms with Crippen LogP contribution in [-0.2, 0) is 20.8 Å². The lowest BCUT2D eigenvalue weighted by Crippen LogP contribution is -2.61. The zero-order valence-electron chi connectivity index (χ0n) is 29.2. The number of pyridine rings is 1. The number of nitrogens with two attached hydrogens (primary N) is 2. The van der Waals surface area contributed by atoms with E-state index in [1.165, 1.54) is 6.07 Å². The number of likely N-dealkylation sites (tertiary alicyclic amines) is 1. The van der Waals surface area contributed by atoms with E-state index in [4.69, 9.17) is 11.5 Å². The molecule has 1 saturated heterocycles. The van der Waals surface area contributed by atoms with Crippen LogP contribution < -0.4 is 27.4 Å². The number of fused-ring (bicyclic) bond motifs is 2. The van der Waals surface area contributed by atoms with Crippen LogP contribution in [0.3, 0.4) is 0 Å². The normalized spacial score (nSPS) is 21.3. The second-order valence-electron chi connectivity index (χ2n) is 14.9. The SMILES string of the molecule is CC(C)(C)NC(=O)[C@H]1C[C@H]2CCCC[C@H]2CN1C[C@H](O)[C@H](Cc1ccccc1)NC(=O)[C@H](CC(N)=O)NC(=O)c1ccc2cccc(N)c2n1. The first kappa shape index (κ1) is 36.7. The van der Waals surface area contributed by atoms with Crippen molar-refractivity contribution in [2.45, 2.75) is 95.5 Å². The van der Waals surface area contributed by atoms with Crippen LogP contribution in [0.25, 0.3) is 10.9 Å². The van der Waals surface area contributed by atoms with Gasteiger partial charge in [-0.05, 0) is 69.6 Å². The lowest BCUT2D eigenvalue weighted by Gasteiger charge is -2.47. The van der Waals surface area contributed by atoms with Gasteiger partial charge < -0.3 is 32.5 Å². The number of benzene rings is 2.